The highest BCUT2D eigenvalue weighted by Gasteiger charge is 2.79. The van der Waals surface area contributed by atoms with Gasteiger partial charge in [0.15, 0.2) is 11.5 Å². The van der Waals surface area contributed by atoms with E-state index in [0.29, 0.717) is 23.4 Å². The number of nitrogens with zero attached hydrogens (tertiary/aromatic N) is 3. The number of phenolic OH excluding ortho intramolecular Hbond substituents is 1. The second kappa shape index (κ2) is 7.76. The van der Waals surface area contributed by atoms with E-state index in [1.807, 2.05) is 0 Å². The van der Waals surface area contributed by atoms with Crippen LogP contribution < -0.4 is 4.74 Å². The number of rotatable bonds is 6. The molecular formula is C31H35N3O5. The molecule has 1 aromatic heterocycles. The zero-order chi connectivity index (χ0) is 26.7. The number of benzene rings is 1. The molecule has 5 aliphatic carbocycles. The average Bonchev–Trinajstić information content (AvgIpc) is 3.69. The lowest BCUT2D eigenvalue weighted by molar-refractivity contribution is -0.198. The van der Waals surface area contributed by atoms with E-state index in [9.17, 15) is 15.0 Å². The Morgan fingerprint density at radius 1 is 1.21 bits per heavy atom. The average molecular weight is 530 g/mol. The summed E-state index contributed by atoms with van der Waals surface area (Å²) in [5, 5.41) is 21.3. The first-order chi connectivity index (χ1) is 18.8. The highest BCUT2D eigenvalue weighted by Crippen LogP contribution is 2.75. The molecule has 0 unspecified atom stereocenters. The molecule has 1 aromatic carbocycles. The van der Waals surface area contributed by atoms with Gasteiger partial charge in [-0.25, -0.2) is 0 Å². The van der Waals surface area contributed by atoms with E-state index in [1.54, 1.807) is 43.5 Å². The number of carbonyl (C=O) groups excluding carboxylic acids is 1. The van der Waals surface area contributed by atoms with Crippen LogP contribution in [-0.2, 0) is 27.9 Å². The molecule has 5 atom stereocenters. The van der Waals surface area contributed by atoms with Gasteiger partial charge in [-0.3, -0.25) is 14.7 Å². The van der Waals surface area contributed by atoms with E-state index >= 15 is 0 Å². The number of ether oxygens (including phenoxy) is 2. The number of aromatic nitrogens is 1. The normalized spacial score (nSPS) is 35.3. The van der Waals surface area contributed by atoms with E-state index < -0.39 is 11.7 Å². The minimum Gasteiger partial charge on any atom is -0.506 e. The largest absolute Gasteiger partial charge is 0.506 e. The van der Waals surface area contributed by atoms with E-state index in [4.69, 9.17) is 9.47 Å². The van der Waals surface area contributed by atoms with E-state index in [1.165, 1.54) is 18.4 Å². The zero-order valence-corrected chi connectivity index (χ0v) is 22.5. The van der Waals surface area contributed by atoms with Crippen LogP contribution in [0, 0.1) is 11.3 Å². The molecule has 7 aliphatic rings. The lowest BCUT2D eigenvalue weighted by Gasteiger charge is -2.70. The van der Waals surface area contributed by atoms with Crippen LogP contribution in [-0.4, -0.2) is 75.9 Å². The van der Waals surface area contributed by atoms with Crippen molar-refractivity contribution in [2.45, 2.75) is 68.2 Å². The predicted molar refractivity (Wildman–Crippen MR) is 142 cm³/mol. The zero-order valence-electron chi connectivity index (χ0n) is 22.5. The summed E-state index contributed by atoms with van der Waals surface area (Å²) in [5.74, 6) is 1.49. The first-order valence-corrected chi connectivity index (χ1v) is 14.3. The van der Waals surface area contributed by atoms with Crippen LogP contribution in [0.4, 0.5) is 0 Å². The fourth-order valence-corrected chi connectivity index (χ4v) is 9.15. The van der Waals surface area contributed by atoms with E-state index in [-0.39, 0.29) is 40.8 Å². The standard InChI is InChI=1S/C31H35N3O5/c1-33(17-21-22(35)4-3-12-32-21)27(37)20-15-29-9-10-31(20,38-2)28-30(29)11-13-34(16-18-5-6-18)24(29)14-19-7-8-23(36)26(39-28)25(19)30/h3-4,7-8,12,15,18,24,28,35-36H,5-6,9-11,13-14,16-17H2,1-2H3/t24-,28-,29-,30+,31-/m1/s1. The molecule has 2 N–H and O–H groups in total. The molecule has 1 saturated heterocycles. The summed E-state index contributed by atoms with van der Waals surface area (Å²) >= 11 is 0. The van der Waals surface area contributed by atoms with Gasteiger partial charge in [0.05, 0.1) is 12.0 Å². The molecule has 8 heteroatoms. The molecule has 9 rings (SSSR count). The molecule has 2 spiro atoms. The van der Waals surface area contributed by atoms with Crippen molar-refractivity contribution in [3.63, 3.8) is 0 Å². The van der Waals surface area contributed by atoms with Crippen molar-refractivity contribution in [3.05, 3.63) is 58.9 Å². The Morgan fingerprint density at radius 2 is 2.05 bits per heavy atom. The van der Waals surface area contributed by atoms with Crippen LogP contribution >= 0.6 is 0 Å². The van der Waals surface area contributed by atoms with Crippen LogP contribution in [0.25, 0.3) is 0 Å². The predicted octanol–water partition coefficient (Wildman–Crippen LogP) is 3.30. The van der Waals surface area contributed by atoms with Gasteiger partial charge >= 0.3 is 0 Å². The highest BCUT2D eigenvalue weighted by molar-refractivity contribution is 5.97. The maximum atomic E-state index is 14.3. The van der Waals surface area contributed by atoms with Gasteiger partial charge in [-0.15, -0.1) is 0 Å². The Morgan fingerprint density at radius 3 is 2.82 bits per heavy atom. The molecule has 1 amide bonds. The maximum Gasteiger partial charge on any atom is 0.252 e. The number of pyridine rings is 1. The number of aromatic hydroxyl groups is 2. The number of amides is 1. The lowest BCUT2D eigenvalue weighted by atomic mass is 9.37. The molecule has 3 heterocycles. The minimum atomic E-state index is -0.928. The second-order valence-corrected chi connectivity index (χ2v) is 12.6. The molecular weight excluding hydrogens is 494 g/mol. The molecule has 0 radical (unpaired) electrons. The fraction of sp³-hybridized carbons (Fsp3) is 0.548. The van der Waals surface area contributed by atoms with Crippen molar-refractivity contribution in [2.75, 3.05) is 27.2 Å². The first kappa shape index (κ1) is 23.8. The molecule has 2 saturated carbocycles. The SMILES string of the molecule is CO[C@]12CC[C@@]3(C=C1C(=O)N(C)Cc1ncccc1O)[C@H]1Cc4ccc(O)c5c4[C@@]3(CCN1CC1CC1)[C@H]2O5. The topological polar surface area (TPSA) is 95.4 Å². The molecule has 39 heavy (non-hydrogen) atoms. The van der Waals surface area contributed by atoms with Crippen LogP contribution in [0.5, 0.6) is 17.2 Å². The summed E-state index contributed by atoms with van der Waals surface area (Å²) in [4.78, 5) is 22.9. The molecule has 2 aromatic rings. The number of likely N-dealkylation sites (N-methyl/N-ethyl adjacent to an activating group) is 1. The van der Waals surface area contributed by atoms with Gasteiger partial charge in [-0.2, -0.15) is 0 Å². The number of hydrogen-bond acceptors (Lipinski definition) is 7. The van der Waals surface area contributed by atoms with Crippen LogP contribution in [0.2, 0.25) is 0 Å². The number of carbonyl (C=O) groups is 1. The van der Waals surface area contributed by atoms with E-state index in [0.717, 1.165) is 43.8 Å². The summed E-state index contributed by atoms with van der Waals surface area (Å²) in [5.41, 5.74) is 1.98. The molecule has 8 nitrogen and oxygen atoms in total. The number of methoxy groups -OCH3 is 1. The summed E-state index contributed by atoms with van der Waals surface area (Å²) in [6.07, 6.45) is 9.54. The van der Waals surface area contributed by atoms with Crippen molar-refractivity contribution >= 4 is 5.91 Å². The van der Waals surface area contributed by atoms with Crippen molar-refractivity contribution in [1.29, 1.82) is 0 Å². The first-order valence-electron chi connectivity index (χ1n) is 14.3. The Balaban J connectivity index is 1.29. The number of piperidine rings is 1. The Hall–Kier alpha value is -3.10. The third kappa shape index (κ3) is 2.81. The number of likely N-dealkylation sites (tertiary alicyclic amines) is 1. The quantitative estimate of drug-likeness (QED) is 0.593. The molecule has 204 valence electrons. The monoisotopic (exact) mass is 529 g/mol. The maximum absolute atomic E-state index is 14.3. The van der Waals surface area contributed by atoms with Crippen molar-refractivity contribution in [1.82, 2.24) is 14.8 Å². The summed E-state index contributed by atoms with van der Waals surface area (Å²) in [7, 11) is 3.45. The third-order valence-corrected chi connectivity index (χ3v) is 11.0. The lowest BCUT2D eigenvalue weighted by Crippen LogP contribution is -2.78. The Labute approximate surface area is 228 Å². The van der Waals surface area contributed by atoms with Crippen molar-refractivity contribution in [3.8, 4) is 17.2 Å². The number of phenols is 1. The third-order valence-electron chi connectivity index (χ3n) is 11.0. The molecule has 3 fully saturated rings. The Bertz CT molecular complexity index is 1440. The molecule has 2 aliphatic heterocycles. The van der Waals surface area contributed by atoms with Gasteiger partial charge in [0.2, 0.25) is 0 Å². The molecule has 4 bridgehead atoms. The van der Waals surface area contributed by atoms with Crippen LogP contribution in [0.15, 0.2) is 42.1 Å². The minimum absolute atomic E-state index is 0.0745. The van der Waals surface area contributed by atoms with Gasteiger partial charge in [0.1, 0.15) is 23.1 Å². The summed E-state index contributed by atoms with van der Waals surface area (Å²) < 4.78 is 13.2. The van der Waals surface area contributed by atoms with Crippen LogP contribution in [0.3, 0.4) is 0 Å². The highest BCUT2D eigenvalue weighted by atomic mass is 16.6. The number of fused-ring (bicyclic) bond motifs is 1. The summed E-state index contributed by atoms with van der Waals surface area (Å²) in [6, 6.07) is 7.40. The fourth-order valence-electron chi connectivity index (χ4n) is 9.15. The van der Waals surface area contributed by atoms with Crippen molar-refractivity contribution < 1.29 is 24.5 Å². The summed E-state index contributed by atoms with van der Waals surface area (Å²) in [6.45, 7) is 2.29. The van der Waals surface area contributed by atoms with Gasteiger partial charge in [-0.05, 0) is 74.8 Å². The van der Waals surface area contributed by atoms with E-state index in [2.05, 4.69) is 22.0 Å². The van der Waals surface area contributed by atoms with Gasteiger partial charge in [0, 0.05) is 49.5 Å². The van der Waals surface area contributed by atoms with Gasteiger partial charge < -0.3 is 24.6 Å². The second-order valence-electron chi connectivity index (χ2n) is 12.6. The van der Waals surface area contributed by atoms with Gasteiger partial charge in [-0.1, -0.05) is 12.1 Å². The van der Waals surface area contributed by atoms with Crippen LogP contribution in [0.1, 0.15) is 48.9 Å². The number of hydrogen-bond donors (Lipinski definition) is 2. The van der Waals surface area contributed by atoms with Gasteiger partial charge in [0.25, 0.3) is 5.91 Å². The van der Waals surface area contributed by atoms with Crippen molar-refractivity contribution in [2.24, 2.45) is 11.3 Å². The Kier molecular flexibility index (Phi) is 4.73. The smallest absolute Gasteiger partial charge is 0.252 e.